The lowest BCUT2D eigenvalue weighted by atomic mass is 10.1. The van der Waals surface area contributed by atoms with Crippen LogP contribution >= 0.6 is 0 Å². The monoisotopic (exact) mass is 307 g/mol. The van der Waals surface area contributed by atoms with E-state index in [1.807, 2.05) is 42.5 Å². The van der Waals surface area contributed by atoms with Crippen molar-refractivity contribution < 1.29 is 14.3 Å². The summed E-state index contributed by atoms with van der Waals surface area (Å²) in [5, 5.41) is 5.03. The third-order valence-electron chi connectivity index (χ3n) is 3.69. The number of carbonyl (C=O) groups is 1. The molecule has 3 rings (SSSR count). The van der Waals surface area contributed by atoms with E-state index in [2.05, 4.69) is 5.32 Å². The number of fused-ring (bicyclic) bond motifs is 1. The summed E-state index contributed by atoms with van der Waals surface area (Å²) in [4.78, 5) is 12.6. The number of ether oxygens (including phenoxy) is 2. The van der Waals surface area contributed by atoms with Crippen LogP contribution in [-0.2, 0) is 0 Å². The molecule has 0 bridgehead atoms. The fraction of sp³-hybridized carbons (Fsp3) is 0.105. The average Bonchev–Trinajstić information content (AvgIpc) is 2.61. The summed E-state index contributed by atoms with van der Waals surface area (Å²) >= 11 is 0. The maximum absolute atomic E-state index is 12.6. The van der Waals surface area contributed by atoms with Gasteiger partial charge in [-0.15, -0.1) is 0 Å². The number of carbonyl (C=O) groups excluding carboxylic acids is 1. The van der Waals surface area contributed by atoms with Gasteiger partial charge in [0.05, 0.1) is 19.8 Å². The van der Waals surface area contributed by atoms with Crippen molar-refractivity contribution in [3.63, 3.8) is 0 Å². The van der Waals surface area contributed by atoms with E-state index >= 15 is 0 Å². The maximum atomic E-state index is 12.6. The van der Waals surface area contributed by atoms with Gasteiger partial charge in [-0.1, -0.05) is 36.4 Å². The third-order valence-corrected chi connectivity index (χ3v) is 3.69. The first-order chi connectivity index (χ1) is 11.2. The van der Waals surface area contributed by atoms with Gasteiger partial charge in [0.25, 0.3) is 5.91 Å². The first-order valence-electron chi connectivity index (χ1n) is 7.24. The van der Waals surface area contributed by atoms with Gasteiger partial charge < -0.3 is 14.8 Å². The number of nitrogens with one attached hydrogen (secondary N) is 1. The zero-order valence-corrected chi connectivity index (χ0v) is 13.0. The molecule has 1 N–H and O–H groups in total. The van der Waals surface area contributed by atoms with E-state index in [4.69, 9.17) is 9.47 Å². The van der Waals surface area contributed by atoms with Crippen LogP contribution in [0.3, 0.4) is 0 Å². The van der Waals surface area contributed by atoms with Crippen LogP contribution in [0.4, 0.5) is 5.69 Å². The van der Waals surface area contributed by atoms with E-state index in [1.54, 1.807) is 25.3 Å². The Morgan fingerprint density at radius 1 is 0.913 bits per heavy atom. The third kappa shape index (κ3) is 2.97. The molecular formula is C19H17NO3. The Bertz CT molecular complexity index is 853. The van der Waals surface area contributed by atoms with E-state index in [0.717, 1.165) is 16.5 Å². The number of methoxy groups -OCH3 is 2. The van der Waals surface area contributed by atoms with Crippen molar-refractivity contribution >= 4 is 22.4 Å². The summed E-state index contributed by atoms with van der Waals surface area (Å²) in [6.07, 6.45) is 0. The lowest BCUT2D eigenvalue weighted by Gasteiger charge is -2.12. The molecule has 0 saturated carbocycles. The van der Waals surface area contributed by atoms with Crippen LogP contribution in [0.2, 0.25) is 0 Å². The summed E-state index contributed by atoms with van der Waals surface area (Å²) < 4.78 is 10.4. The Labute approximate surface area is 134 Å². The number of benzene rings is 3. The Morgan fingerprint density at radius 3 is 2.48 bits per heavy atom. The van der Waals surface area contributed by atoms with Crippen molar-refractivity contribution in [1.29, 1.82) is 0 Å². The highest BCUT2D eigenvalue weighted by Gasteiger charge is 2.14. The van der Waals surface area contributed by atoms with E-state index < -0.39 is 0 Å². The topological polar surface area (TPSA) is 47.6 Å². The quantitative estimate of drug-likeness (QED) is 0.789. The van der Waals surface area contributed by atoms with Crippen molar-refractivity contribution in [2.45, 2.75) is 0 Å². The predicted molar refractivity (Wildman–Crippen MR) is 91.4 cm³/mol. The Hall–Kier alpha value is -3.01. The second-order valence-electron chi connectivity index (χ2n) is 5.05. The smallest absolute Gasteiger partial charge is 0.259 e. The summed E-state index contributed by atoms with van der Waals surface area (Å²) in [6, 6.07) is 18.9. The number of hydrogen-bond acceptors (Lipinski definition) is 3. The molecule has 23 heavy (non-hydrogen) atoms. The molecule has 0 saturated heterocycles. The van der Waals surface area contributed by atoms with E-state index in [9.17, 15) is 4.79 Å². The molecular weight excluding hydrogens is 290 g/mol. The van der Waals surface area contributed by atoms with Gasteiger partial charge in [-0.25, -0.2) is 0 Å². The first-order valence-corrected chi connectivity index (χ1v) is 7.24. The predicted octanol–water partition coefficient (Wildman–Crippen LogP) is 4.11. The molecule has 1 amide bonds. The van der Waals surface area contributed by atoms with Gasteiger partial charge in [0.2, 0.25) is 0 Å². The lowest BCUT2D eigenvalue weighted by molar-refractivity contribution is 0.102. The van der Waals surface area contributed by atoms with Crippen molar-refractivity contribution in [3.05, 3.63) is 66.2 Å². The second kappa shape index (κ2) is 6.40. The normalized spacial score (nSPS) is 10.3. The summed E-state index contributed by atoms with van der Waals surface area (Å²) in [5.41, 5.74) is 1.23. The molecule has 3 aromatic rings. The van der Waals surface area contributed by atoms with Crippen LogP contribution in [-0.4, -0.2) is 20.1 Å². The van der Waals surface area contributed by atoms with Gasteiger partial charge in [0.15, 0.2) is 0 Å². The van der Waals surface area contributed by atoms with Crippen LogP contribution < -0.4 is 14.8 Å². The standard InChI is InChI=1S/C19H17NO3/c1-22-14-10-11-16(18(12-14)23-2)19(21)20-17-9-5-7-13-6-3-4-8-15(13)17/h3-12H,1-2H3,(H,20,21). The first kappa shape index (κ1) is 14.9. The van der Waals surface area contributed by atoms with Crippen LogP contribution in [0.1, 0.15) is 10.4 Å². The Balaban J connectivity index is 1.95. The molecule has 0 unspecified atom stereocenters. The molecule has 0 fully saturated rings. The van der Waals surface area contributed by atoms with E-state index in [0.29, 0.717) is 17.1 Å². The van der Waals surface area contributed by atoms with Gasteiger partial charge >= 0.3 is 0 Å². The minimum Gasteiger partial charge on any atom is -0.497 e. The number of rotatable bonds is 4. The van der Waals surface area contributed by atoms with Gasteiger partial charge in [0, 0.05) is 17.1 Å². The molecule has 0 atom stereocenters. The highest BCUT2D eigenvalue weighted by molar-refractivity contribution is 6.10. The highest BCUT2D eigenvalue weighted by atomic mass is 16.5. The summed E-state index contributed by atoms with van der Waals surface area (Å²) in [6.45, 7) is 0. The number of anilines is 1. The van der Waals surface area contributed by atoms with E-state index in [1.165, 1.54) is 7.11 Å². The molecule has 0 heterocycles. The van der Waals surface area contributed by atoms with Crippen molar-refractivity contribution in [3.8, 4) is 11.5 Å². The minimum atomic E-state index is -0.221. The molecule has 0 spiro atoms. The average molecular weight is 307 g/mol. The number of amides is 1. The summed E-state index contributed by atoms with van der Waals surface area (Å²) in [5.74, 6) is 0.895. The van der Waals surface area contributed by atoms with Gasteiger partial charge in [-0.05, 0) is 23.6 Å². The lowest BCUT2D eigenvalue weighted by Crippen LogP contribution is -2.13. The SMILES string of the molecule is COc1ccc(C(=O)Nc2cccc3ccccc23)c(OC)c1. The Kier molecular flexibility index (Phi) is 4.15. The van der Waals surface area contributed by atoms with Crippen LogP contribution in [0, 0.1) is 0 Å². The van der Waals surface area contributed by atoms with Gasteiger partial charge in [0.1, 0.15) is 11.5 Å². The van der Waals surface area contributed by atoms with E-state index in [-0.39, 0.29) is 5.91 Å². The van der Waals surface area contributed by atoms with Crippen LogP contribution in [0.15, 0.2) is 60.7 Å². The molecule has 0 aliphatic heterocycles. The minimum absolute atomic E-state index is 0.221. The zero-order valence-electron chi connectivity index (χ0n) is 13.0. The largest absolute Gasteiger partial charge is 0.497 e. The fourth-order valence-corrected chi connectivity index (χ4v) is 2.51. The molecule has 0 aliphatic rings. The molecule has 3 aromatic carbocycles. The maximum Gasteiger partial charge on any atom is 0.259 e. The van der Waals surface area contributed by atoms with Gasteiger partial charge in [-0.2, -0.15) is 0 Å². The molecule has 0 radical (unpaired) electrons. The van der Waals surface area contributed by atoms with Gasteiger partial charge in [-0.3, -0.25) is 4.79 Å². The van der Waals surface area contributed by atoms with Crippen molar-refractivity contribution in [1.82, 2.24) is 0 Å². The fourth-order valence-electron chi connectivity index (χ4n) is 2.51. The van der Waals surface area contributed by atoms with Crippen LogP contribution in [0.25, 0.3) is 10.8 Å². The summed E-state index contributed by atoms with van der Waals surface area (Å²) in [7, 11) is 3.11. The van der Waals surface area contributed by atoms with Crippen molar-refractivity contribution in [2.75, 3.05) is 19.5 Å². The molecule has 116 valence electrons. The highest BCUT2D eigenvalue weighted by Crippen LogP contribution is 2.27. The molecule has 0 aromatic heterocycles. The molecule has 4 nitrogen and oxygen atoms in total. The second-order valence-corrected chi connectivity index (χ2v) is 5.05. The van der Waals surface area contributed by atoms with Crippen LogP contribution in [0.5, 0.6) is 11.5 Å². The molecule has 0 aliphatic carbocycles. The Morgan fingerprint density at radius 2 is 1.70 bits per heavy atom. The molecule has 4 heteroatoms. The zero-order chi connectivity index (χ0) is 16.2. The number of hydrogen-bond donors (Lipinski definition) is 1. The van der Waals surface area contributed by atoms with Crippen molar-refractivity contribution in [2.24, 2.45) is 0 Å².